The number of carboxylic acid groups (broad SMARTS) is 1. The second-order valence-corrected chi connectivity index (χ2v) is 28.0. The highest BCUT2D eigenvalue weighted by Gasteiger charge is 2.22. The van der Waals surface area contributed by atoms with Gasteiger partial charge < -0.3 is 33.3 Å². The summed E-state index contributed by atoms with van der Waals surface area (Å²) in [7, 11) is 5.95. The zero-order valence-corrected chi connectivity index (χ0v) is 60.1. The Morgan fingerprint density at radius 3 is 0.899 bits per heavy atom. The number of ether oxygens (including phenoxy) is 4. The molecule has 0 bridgehead atoms. The van der Waals surface area contributed by atoms with Crippen molar-refractivity contribution in [2.45, 2.75) is 411 Å². The first-order chi connectivity index (χ1) is 43.6. The molecule has 9 nitrogen and oxygen atoms in total. The van der Waals surface area contributed by atoms with E-state index in [1.165, 1.54) is 327 Å². The number of unbranched alkanes of at least 4 members (excludes halogenated alkanes) is 53. The number of hydrogen-bond acceptors (Lipinski definition) is 8. The number of allylic oxidation sites excluding steroid dienone is 6. The lowest BCUT2D eigenvalue weighted by Crippen LogP contribution is -2.44. The van der Waals surface area contributed by atoms with Gasteiger partial charge in [0.25, 0.3) is 0 Å². The molecule has 0 N–H and O–H groups in total. The van der Waals surface area contributed by atoms with E-state index in [1.54, 1.807) is 0 Å². The summed E-state index contributed by atoms with van der Waals surface area (Å²) in [4.78, 5) is 37.6. The molecule has 0 radical (unpaired) electrons. The summed E-state index contributed by atoms with van der Waals surface area (Å²) in [5.74, 6) is -2.25. The topological polar surface area (TPSA) is 111 Å². The van der Waals surface area contributed by atoms with Crippen LogP contribution in [0.2, 0.25) is 0 Å². The lowest BCUT2D eigenvalue weighted by molar-refractivity contribution is -0.870. The molecule has 0 aromatic carbocycles. The SMILES string of the molecule is CCCCCCC/C=C\C/C=C\CCCCCCCCCCCCCCCCCCCCCCCCCCCCCC(=O)OC(COC(=O)CCCCCCCCCCCCCCC/C=C\CCCCCCCCCC)COC(OCC[N+](C)(C)C)C(=O)[O-]. The number of carbonyl (C=O) groups is 3. The van der Waals surface area contributed by atoms with Gasteiger partial charge in [-0.2, -0.15) is 0 Å². The predicted molar refractivity (Wildman–Crippen MR) is 380 cm³/mol. The van der Waals surface area contributed by atoms with Crippen molar-refractivity contribution in [3.8, 4) is 0 Å². The molecule has 0 saturated carbocycles. The van der Waals surface area contributed by atoms with Crippen LogP contribution >= 0.6 is 0 Å². The third kappa shape index (κ3) is 72.8. The van der Waals surface area contributed by atoms with Gasteiger partial charge in [0.2, 0.25) is 0 Å². The Morgan fingerprint density at radius 1 is 0.337 bits per heavy atom. The Kier molecular flexibility index (Phi) is 69.4. The maximum Gasteiger partial charge on any atom is 0.306 e. The van der Waals surface area contributed by atoms with E-state index in [1.807, 2.05) is 21.1 Å². The second-order valence-electron chi connectivity index (χ2n) is 28.0. The van der Waals surface area contributed by atoms with E-state index in [2.05, 4.69) is 50.3 Å². The number of carbonyl (C=O) groups excluding carboxylic acids is 3. The van der Waals surface area contributed by atoms with Gasteiger partial charge in [-0.1, -0.05) is 352 Å². The van der Waals surface area contributed by atoms with Gasteiger partial charge in [-0.25, -0.2) is 0 Å². The molecule has 2 atom stereocenters. The zero-order chi connectivity index (χ0) is 64.7. The third-order valence-electron chi connectivity index (χ3n) is 17.9. The normalized spacial score (nSPS) is 12.8. The molecule has 0 aliphatic carbocycles. The minimum Gasteiger partial charge on any atom is -0.545 e. The van der Waals surface area contributed by atoms with Gasteiger partial charge in [-0.15, -0.1) is 0 Å². The van der Waals surface area contributed by atoms with E-state index < -0.39 is 24.3 Å². The summed E-state index contributed by atoms with van der Waals surface area (Å²) in [5, 5.41) is 11.8. The van der Waals surface area contributed by atoms with E-state index in [9.17, 15) is 19.5 Å². The molecular formula is C80H151NO8. The summed E-state index contributed by atoms with van der Waals surface area (Å²) in [6.45, 7) is 4.81. The van der Waals surface area contributed by atoms with Crippen LogP contribution in [0, 0.1) is 0 Å². The Labute approximate surface area is 553 Å². The number of rotatable bonds is 74. The number of aliphatic carboxylic acids is 1. The van der Waals surface area contributed by atoms with Crippen molar-refractivity contribution >= 4 is 17.9 Å². The van der Waals surface area contributed by atoms with Gasteiger partial charge in [-0.05, 0) is 70.6 Å². The maximum absolute atomic E-state index is 13.0. The molecule has 0 aliphatic heterocycles. The van der Waals surface area contributed by atoms with Crippen molar-refractivity contribution in [1.29, 1.82) is 0 Å². The Bertz CT molecular complexity index is 1550. The quantitative estimate of drug-likeness (QED) is 0.0195. The first-order valence-electron chi connectivity index (χ1n) is 39.1. The molecule has 0 fully saturated rings. The fourth-order valence-corrected chi connectivity index (χ4v) is 11.9. The van der Waals surface area contributed by atoms with Crippen LogP contribution in [0.25, 0.3) is 0 Å². The zero-order valence-electron chi connectivity index (χ0n) is 60.1. The molecular weight excluding hydrogens is 1100 g/mol. The smallest absolute Gasteiger partial charge is 0.306 e. The van der Waals surface area contributed by atoms with Crippen molar-refractivity contribution in [2.24, 2.45) is 0 Å². The fraction of sp³-hybridized carbons (Fsp3) is 0.887. The Balaban J connectivity index is 3.95. The highest BCUT2D eigenvalue weighted by Crippen LogP contribution is 2.19. The lowest BCUT2D eigenvalue weighted by Gasteiger charge is -2.26. The summed E-state index contributed by atoms with van der Waals surface area (Å²) in [6.07, 6.45) is 88.4. The van der Waals surface area contributed by atoms with Crippen molar-refractivity contribution in [3.05, 3.63) is 36.5 Å². The van der Waals surface area contributed by atoms with Crippen LogP contribution < -0.4 is 5.11 Å². The molecule has 0 aromatic heterocycles. The molecule has 0 heterocycles. The van der Waals surface area contributed by atoms with Gasteiger partial charge in [0, 0.05) is 12.8 Å². The van der Waals surface area contributed by atoms with E-state index in [0.717, 1.165) is 44.9 Å². The number of hydrogen-bond donors (Lipinski definition) is 0. The molecule has 0 saturated heterocycles. The summed E-state index contributed by atoms with van der Waals surface area (Å²) < 4.78 is 22.9. The van der Waals surface area contributed by atoms with Crippen molar-refractivity contribution in [2.75, 3.05) is 47.5 Å². The fourth-order valence-electron chi connectivity index (χ4n) is 11.9. The van der Waals surface area contributed by atoms with E-state index >= 15 is 0 Å². The molecule has 0 amide bonds. The van der Waals surface area contributed by atoms with Crippen LogP contribution in [0.4, 0.5) is 0 Å². The van der Waals surface area contributed by atoms with Crippen molar-refractivity contribution in [3.63, 3.8) is 0 Å². The third-order valence-corrected chi connectivity index (χ3v) is 17.9. The largest absolute Gasteiger partial charge is 0.545 e. The van der Waals surface area contributed by atoms with Crippen LogP contribution in [0.15, 0.2) is 36.5 Å². The number of carboxylic acids is 1. The van der Waals surface area contributed by atoms with Crippen molar-refractivity contribution in [1.82, 2.24) is 0 Å². The summed E-state index contributed by atoms with van der Waals surface area (Å²) >= 11 is 0. The van der Waals surface area contributed by atoms with E-state index in [0.29, 0.717) is 17.4 Å². The summed E-state index contributed by atoms with van der Waals surface area (Å²) in [6, 6.07) is 0. The van der Waals surface area contributed by atoms with E-state index in [4.69, 9.17) is 18.9 Å². The molecule has 0 aliphatic rings. The average Bonchev–Trinajstić information content (AvgIpc) is 3.64. The first kappa shape index (κ1) is 86.5. The molecule has 524 valence electrons. The minimum absolute atomic E-state index is 0.151. The molecule has 0 spiro atoms. The number of likely N-dealkylation sites (N-methyl/N-ethyl adjacent to an activating group) is 1. The number of quaternary nitrogens is 1. The standard InChI is InChI=1S/C80H151NO8/c1-6-8-10-12-14-16-18-20-22-24-26-28-30-32-33-34-35-36-37-38-39-40-41-42-43-44-45-47-49-51-53-55-57-59-61-63-65-67-69-71-78(83)89-76(75-88-80(79(84)85)86-73-72-81(3,4)5)74-87-77(82)70-68-66-64-62-60-58-56-54-52-50-48-46-31-29-27-25-23-21-19-17-15-13-11-9-7-2/h18,20,24-27,76,80H,6-17,19,21-23,28-75H2,1-5H3/b20-18-,26-24-,27-25-. The molecule has 89 heavy (non-hydrogen) atoms. The Hall–Kier alpha value is -2.49. The van der Waals surface area contributed by atoms with Crippen LogP contribution in [-0.2, 0) is 33.3 Å². The highest BCUT2D eigenvalue weighted by molar-refractivity contribution is 5.70. The summed E-state index contributed by atoms with van der Waals surface area (Å²) in [5.41, 5.74) is 0. The lowest BCUT2D eigenvalue weighted by atomic mass is 10.0. The number of nitrogens with zero attached hydrogens (tertiary/aromatic N) is 1. The highest BCUT2D eigenvalue weighted by atomic mass is 16.7. The maximum atomic E-state index is 13.0. The predicted octanol–water partition coefficient (Wildman–Crippen LogP) is 23.4. The van der Waals surface area contributed by atoms with Gasteiger partial charge in [-0.3, -0.25) is 9.59 Å². The molecule has 0 rings (SSSR count). The monoisotopic (exact) mass is 1250 g/mol. The van der Waals surface area contributed by atoms with Gasteiger partial charge in [0.05, 0.1) is 40.3 Å². The van der Waals surface area contributed by atoms with Gasteiger partial charge in [0.15, 0.2) is 12.4 Å². The second kappa shape index (κ2) is 71.4. The van der Waals surface area contributed by atoms with Crippen LogP contribution in [0.1, 0.15) is 399 Å². The molecule has 2 unspecified atom stereocenters. The average molecular weight is 1260 g/mol. The molecule has 0 aromatic rings. The van der Waals surface area contributed by atoms with Crippen LogP contribution in [0.3, 0.4) is 0 Å². The minimum atomic E-state index is -1.62. The van der Waals surface area contributed by atoms with Crippen molar-refractivity contribution < 1.29 is 42.9 Å². The van der Waals surface area contributed by atoms with E-state index in [-0.39, 0.29) is 32.2 Å². The number of esters is 2. The van der Waals surface area contributed by atoms with Gasteiger partial charge in [0.1, 0.15) is 13.2 Å². The first-order valence-corrected chi connectivity index (χ1v) is 39.1. The van der Waals surface area contributed by atoms with Crippen LogP contribution in [0.5, 0.6) is 0 Å². The molecule has 9 heteroatoms. The Morgan fingerprint density at radius 2 is 0.607 bits per heavy atom. The van der Waals surface area contributed by atoms with Crippen LogP contribution in [-0.4, -0.2) is 82.3 Å². The van der Waals surface area contributed by atoms with Gasteiger partial charge >= 0.3 is 11.9 Å².